The van der Waals surface area contributed by atoms with E-state index in [-0.39, 0.29) is 0 Å². The third-order valence-corrected chi connectivity index (χ3v) is 3.36. The zero-order valence-electron chi connectivity index (χ0n) is 13.3. The van der Waals surface area contributed by atoms with Gasteiger partial charge in [-0.2, -0.15) is 10.1 Å². The third kappa shape index (κ3) is 4.39. The maximum absolute atomic E-state index is 5.15. The van der Waals surface area contributed by atoms with E-state index in [1.54, 1.807) is 25.7 Å². The number of rotatable bonds is 7. The SMILES string of the molecule is COc1ccc(CNc2cnnc(NCc3cccnc3)n2)cc1. The first-order valence-electron chi connectivity index (χ1n) is 7.53. The van der Waals surface area contributed by atoms with Gasteiger partial charge >= 0.3 is 0 Å². The summed E-state index contributed by atoms with van der Waals surface area (Å²) in [4.78, 5) is 8.47. The van der Waals surface area contributed by atoms with E-state index in [4.69, 9.17) is 4.74 Å². The van der Waals surface area contributed by atoms with Gasteiger partial charge in [0.2, 0.25) is 5.95 Å². The molecule has 0 spiro atoms. The van der Waals surface area contributed by atoms with E-state index in [1.165, 1.54) is 0 Å². The van der Waals surface area contributed by atoms with Gasteiger partial charge in [-0.25, -0.2) is 0 Å². The van der Waals surface area contributed by atoms with Crippen molar-refractivity contribution >= 4 is 11.8 Å². The monoisotopic (exact) mass is 322 g/mol. The lowest BCUT2D eigenvalue weighted by molar-refractivity contribution is 0.414. The predicted octanol–water partition coefficient (Wildman–Crippen LogP) is 2.50. The lowest BCUT2D eigenvalue weighted by atomic mass is 10.2. The van der Waals surface area contributed by atoms with Crippen molar-refractivity contribution in [1.82, 2.24) is 20.2 Å². The molecule has 2 aromatic heterocycles. The molecule has 0 fully saturated rings. The van der Waals surface area contributed by atoms with Crippen LogP contribution in [0.3, 0.4) is 0 Å². The van der Waals surface area contributed by atoms with Crippen LogP contribution in [0.5, 0.6) is 5.75 Å². The summed E-state index contributed by atoms with van der Waals surface area (Å²) < 4.78 is 5.15. The van der Waals surface area contributed by atoms with Crippen molar-refractivity contribution in [3.05, 3.63) is 66.1 Å². The number of methoxy groups -OCH3 is 1. The highest BCUT2D eigenvalue weighted by molar-refractivity contribution is 5.39. The highest BCUT2D eigenvalue weighted by Gasteiger charge is 2.01. The third-order valence-electron chi connectivity index (χ3n) is 3.36. The summed E-state index contributed by atoms with van der Waals surface area (Å²) in [5.41, 5.74) is 2.18. The van der Waals surface area contributed by atoms with Gasteiger partial charge in [0.05, 0.1) is 13.3 Å². The topological polar surface area (TPSA) is 84.9 Å². The lowest BCUT2D eigenvalue weighted by Crippen LogP contribution is -2.08. The molecular formula is C17H18N6O. The first-order valence-corrected chi connectivity index (χ1v) is 7.53. The molecule has 7 heteroatoms. The number of ether oxygens (including phenoxy) is 1. The summed E-state index contributed by atoms with van der Waals surface area (Å²) in [5.74, 6) is 1.97. The Kier molecular flexibility index (Phi) is 5.14. The fraction of sp³-hybridized carbons (Fsp3) is 0.176. The molecule has 1 aromatic carbocycles. The highest BCUT2D eigenvalue weighted by Crippen LogP contribution is 2.13. The number of nitrogens with zero attached hydrogens (tertiary/aromatic N) is 4. The van der Waals surface area contributed by atoms with E-state index in [0.717, 1.165) is 16.9 Å². The maximum Gasteiger partial charge on any atom is 0.244 e. The number of aromatic nitrogens is 4. The van der Waals surface area contributed by atoms with Crippen molar-refractivity contribution in [3.63, 3.8) is 0 Å². The molecule has 0 radical (unpaired) electrons. The van der Waals surface area contributed by atoms with Crippen LogP contribution < -0.4 is 15.4 Å². The summed E-state index contributed by atoms with van der Waals surface area (Å²) in [5, 5.41) is 14.3. The van der Waals surface area contributed by atoms with Crippen molar-refractivity contribution in [1.29, 1.82) is 0 Å². The van der Waals surface area contributed by atoms with Gasteiger partial charge in [0.25, 0.3) is 0 Å². The van der Waals surface area contributed by atoms with Crippen LogP contribution in [0.1, 0.15) is 11.1 Å². The molecule has 7 nitrogen and oxygen atoms in total. The normalized spacial score (nSPS) is 10.2. The number of hydrogen-bond acceptors (Lipinski definition) is 7. The minimum Gasteiger partial charge on any atom is -0.497 e. The van der Waals surface area contributed by atoms with Gasteiger partial charge in [-0.05, 0) is 29.3 Å². The zero-order chi connectivity index (χ0) is 16.6. The zero-order valence-corrected chi connectivity index (χ0v) is 13.3. The van der Waals surface area contributed by atoms with Crippen molar-refractivity contribution in [2.24, 2.45) is 0 Å². The van der Waals surface area contributed by atoms with Crippen LogP contribution in [-0.4, -0.2) is 27.3 Å². The summed E-state index contributed by atoms with van der Waals surface area (Å²) in [6, 6.07) is 11.7. The quantitative estimate of drug-likeness (QED) is 0.691. The molecule has 122 valence electrons. The van der Waals surface area contributed by atoms with E-state index < -0.39 is 0 Å². The summed E-state index contributed by atoms with van der Waals surface area (Å²) in [6.07, 6.45) is 5.14. The van der Waals surface area contributed by atoms with Gasteiger partial charge in [-0.1, -0.05) is 18.2 Å². The van der Waals surface area contributed by atoms with Crippen LogP contribution in [0.15, 0.2) is 55.0 Å². The van der Waals surface area contributed by atoms with Gasteiger partial charge in [0.15, 0.2) is 5.82 Å². The fourth-order valence-electron chi connectivity index (χ4n) is 2.08. The first kappa shape index (κ1) is 15.7. The number of nitrogens with one attached hydrogen (secondary N) is 2. The number of benzene rings is 1. The largest absolute Gasteiger partial charge is 0.497 e. The molecule has 0 amide bonds. The van der Waals surface area contributed by atoms with Crippen LogP contribution in [0.4, 0.5) is 11.8 Å². The van der Waals surface area contributed by atoms with Crippen LogP contribution >= 0.6 is 0 Å². The molecule has 0 bridgehead atoms. The van der Waals surface area contributed by atoms with Gasteiger partial charge in [-0.15, -0.1) is 5.10 Å². The molecule has 0 saturated carbocycles. The Morgan fingerprint density at radius 1 is 0.958 bits per heavy atom. The summed E-state index contributed by atoms with van der Waals surface area (Å²) >= 11 is 0. The van der Waals surface area contributed by atoms with Crippen LogP contribution in [-0.2, 0) is 13.1 Å². The second-order valence-corrected chi connectivity index (χ2v) is 5.08. The Bertz CT molecular complexity index is 764. The van der Waals surface area contributed by atoms with Crippen molar-refractivity contribution in [3.8, 4) is 5.75 Å². The maximum atomic E-state index is 5.15. The molecule has 24 heavy (non-hydrogen) atoms. The molecular weight excluding hydrogens is 304 g/mol. The average molecular weight is 322 g/mol. The van der Waals surface area contributed by atoms with Crippen LogP contribution in [0.25, 0.3) is 0 Å². The van der Waals surface area contributed by atoms with E-state index >= 15 is 0 Å². The Labute approximate surface area is 140 Å². The standard InChI is InChI=1S/C17H18N6O/c1-24-15-6-4-13(5-7-15)10-19-16-12-21-23-17(22-16)20-11-14-3-2-8-18-9-14/h2-9,12H,10-11H2,1H3,(H2,19,20,22,23). The Morgan fingerprint density at radius 2 is 1.79 bits per heavy atom. The summed E-state index contributed by atoms with van der Waals surface area (Å²) in [7, 11) is 1.65. The molecule has 0 aliphatic rings. The van der Waals surface area contributed by atoms with Crippen LogP contribution in [0.2, 0.25) is 0 Å². The minimum atomic E-state index is 0.471. The van der Waals surface area contributed by atoms with Crippen LogP contribution in [0, 0.1) is 0 Å². The second-order valence-electron chi connectivity index (χ2n) is 5.08. The van der Waals surface area contributed by atoms with E-state index in [0.29, 0.717) is 24.9 Å². The molecule has 0 unspecified atom stereocenters. The molecule has 2 heterocycles. The lowest BCUT2D eigenvalue weighted by Gasteiger charge is -2.08. The second kappa shape index (κ2) is 7.87. The average Bonchev–Trinajstić information content (AvgIpc) is 2.66. The van der Waals surface area contributed by atoms with Crippen molar-refractivity contribution in [2.75, 3.05) is 17.7 Å². The molecule has 2 N–H and O–H groups in total. The summed E-state index contributed by atoms with van der Waals surface area (Å²) in [6.45, 7) is 1.24. The first-order chi connectivity index (χ1) is 11.8. The fourth-order valence-corrected chi connectivity index (χ4v) is 2.08. The van der Waals surface area contributed by atoms with Gasteiger partial charge < -0.3 is 15.4 Å². The van der Waals surface area contributed by atoms with E-state index in [1.807, 2.05) is 36.4 Å². The van der Waals surface area contributed by atoms with E-state index in [9.17, 15) is 0 Å². The van der Waals surface area contributed by atoms with Gasteiger partial charge in [0.1, 0.15) is 5.75 Å². The molecule has 0 aliphatic heterocycles. The smallest absolute Gasteiger partial charge is 0.244 e. The molecule has 0 saturated heterocycles. The number of anilines is 2. The Morgan fingerprint density at radius 3 is 2.54 bits per heavy atom. The number of pyridine rings is 1. The highest BCUT2D eigenvalue weighted by atomic mass is 16.5. The van der Waals surface area contributed by atoms with Gasteiger partial charge in [-0.3, -0.25) is 4.98 Å². The Hall–Kier alpha value is -3.22. The predicted molar refractivity (Wildman–Crippen MR) is 91.7 cm³/mol. The van der Waals surface area contributed by atoms with E-state index in [2.05, 4.69) is 30.8 Å². The minimum absolute atomic E-state index is 0.471. The molecule has 3 aromatic rings. The number of hydrogen-bond donors (Lipinski definition) is 2. The van der Waals surface area contributed by atoms with Gasteiger partial charge in [0, 0.05) is 25.5 Å². The molecule has 0 atom stereocenters. The van der Waals surface area contributed by atoms with Crippen molar-refractivity contribution < 1.29 is 4.74 Å². The molecule has 0 aliphatic carbocycles. The van der Waals surface area contributed by atoms with Crippen molar-refractivity contribution in [2.45, 2.75) is 13.1 Å². The Balaban J connectivity index is 1.56. The molecule has 3 rings (SSSR count).